The van der Waals surface area contributed by atoms with E-state index in [2.05, 4.69) is 15.9 Å². The summed E-state index contributed by atoms with van der Waals surface area (Å²) in [5.41, 5.74) is 0.547. The lowest BCUT2D eigenvalue weighted by molar-refractivity contribution is -0.129. The van der Waals surface area contributed by atoms with Crippen LogP contribution < -0.4 is 0 Å². The predicted molar refractivity (Wildman–Crippen MR) is 68.8 cm³/mol. The fraction of sp³-hybridized carbons (Fsp3) is 0.455. The minimum Gasteiger partial charge on any atom is -0.347 e. The lowest BCUT2D eigenvalue weighted by Gasteiger charge is -2.19. The van der Waals surface area contributed by atoms with Crippen LogP contribution in [0.5, 0.6) is 0 Å². The molecule has 0 aromatic carbocycles. The van der Waals surface area contributed by atoms with Crippen LogP contribution in [-0.4, -0.2) is 53.9 Å². The number of halogens is 1. The standard InChI is InChI=1S/C11H16BrN3O2/c1-13(2)10(16)7-15(4)11(17)9-5-8(12)6-14(9)3/h5-6H,7H2,1-4H3. The number of rotatable bonds is 3. The second-order valence-electron chi connectivity index (χ2n) is 4.10. The molecule has 17 heavy (non-hydrogen) atoms. The van der Waals surface area contributed by atoms with Gasteiger partial charge in [-0.2, -0.15) is 0 Å². The number of likely N-dealkylation sites (N-methyl/N-ethyl adjacent to an activating group) is 2. The number of hydrogen-bond donors (Lipinski definition) is 0. The smallest absolute Gasteiger partial charge is 0.270 e. The minimum atomic E-state index is -0.173. The van der Waals surface area contributed by atoms with Gasteiger partial charge in [-0.25, -0.2) is 0 Å². The van der Waals surface area contributed by atoms with Crippen LogP contribution in [0.3, 0.4) is 0 Å². The van der Waals surface area contributed by atoms with Gasteiger partial charge in [0.2, 0.25) is 5.91 Å². The molecule has 0 radical (unpaired) electrons. The van der Waals surface area contributed by atoms with Crippen LogP contribution in [-0.2, 0) is 11.8 Å². The first-order valence-corrected chi connectivity index (χ1v) is 5.89. The maximum atomic E-state index is 12.1. The van der Waals surface area contributed by atoms with E-state index in [1.807, 2.05) is 0 Å². The van der Waals surface area contributed by atoms with Crippen molar-refractivity contribution < 1.29 is 9.59 Å². The van der Waals surface area contributed by atoms with E-state index in [1.165, 1.54) is 9.80 Å². The monoisotopic (exact) mass is 301 g/mol. The summed E-state index contributed by atoms with van der Waals surface area (Å²) in [6.07, 6.45) is 1.80. The van der Waals surface area contributed by atoms with Gasteiger partial charge in [0.05, 0.1) is 6.54 Å². The van der Waals surface area contributed by atoms with Crippen LogP contribution in [0.2, 0.25) is 0 Å². The molecule has 1 aromatic rings. The molecule has 0 fully saturated rings. The van der Waals surface area contributed by atoms with E-state index < -0.39 is 0 Å². The molecular weight excluding hydrogens is 286 g/mol. The number of aromatic nitrogens is 1. The summed E-state index contributed by atoms with van der Waals surface area (Å²) in [5, 5.41) is 0. The summed E-state index contributed by atoms with van der Waals surface area (Å²) < 4.78 is 2.57. The maximum absolute atomic E-state index is 12.1. The number of amides is 2. The molecule has 0 aliphatic carbocycles. The second-order valence-corrected chi connectivity index (χ2v) is 5.02. The van der Waals surface area contributed by atoms with Crippen molar-refractivity contribution in [2.45, 2.75) is 0 Å². The van der Waals surface area contributed by atoms with Crippen LogP contribution in [0.1, 0.15) is 10.5 Å². The molecule has 1 rings (SSSR count). The summed E-state index contributed by atoms with van der Waals surface area (Å²) in [4.78, 5) is 26.4. The van der Waals surface area contributed by atoms with Crippen molar-refractivity contribution in [2.75, 3.05) is 27.7 Å². The van der Waals surface area contributed by atoms with E-state index in [1.54, 1.807) is 45.0 Å². The first kappa shape index (κ1) is 13.8. The Morgan fingerprint density at radius 3 is 2.35 bits per heavy atom. The summed E-state index contributed by atoms with van der Waals surface area (Å²) in [7, 11) is 6.74. The van der Waals surface area contributed by atoms with E-state index in [0.717, 1.165) is 4.47 Å². The average Bonchev–Trinajstić information content (AvgIpc) is 2.56. The molecule has 0 saturated heterocycles. The van der Waals surface area contributed by atoms with Crippen LogP contribution in [0.15, 0.2) is 16.7 Å². The molecule has 0 atom stereocenters. The maximum Gasteiger partial charge on any atom is 0.270 e. The first-order valence-electron chi connectivity index (χ1n) is 5.10. The highest BCUT2D eigenvalue weighted by atomic mass is 79.9. The molecule has 0 aliphatic rings. The Morgan fingerprint density at radius 1 is 1.35 bits per heavy atom. The Kier molecular flexibility index (Phi) is 4.34. The van der Waals surface area contributed by atoms with Gasteiger partial charge >= 0.3 is 0 Å². The Morgan fingerprint density at radius 2 is 1.94 bits per heavy atom. The summed E-state index contributed by atoms with van der Waals surface area (Å²) in [5.74, 6) is -0.275. The van der Waals surface area contributed by atoms with Crippen molar-refractivity contribution in [2.24, 2.45) is 7.05 Å². The van der Waals surface area contributed by atoms with E-state index in [4.69, 9.17) is 0 Å². The topological polar surface area (TPSA) is 45.6 Å². The predicted octanol–water partition coefficient (Wildman–Crippen LogP) is 0.948. The molecule has 1 heterocycles. The van der Waals surface area contributed by atoms with Gasteiger partial charge in [0.15, 0.2) is 0 Å². The summed E-state index contributed by atoms with van der Waals surface area (Å²) >= 11 is 3.31. The molecule has 0 N–H and O–H groups in total. The first-order chi connectivity index (χ1) is 7.82. The van der Waals surface area contributed by atoms with E-state index in [9.17, 15) is 9.59 Å². The summed E-state index contributed by atoms with van der Waals surface area (Å²) in [6.45, 7) is 0.0780. The van der Waals surface area contributed by atoms with Crippen molar-refractivity contribution in [1.82, 2.24) is 14.4 Å². The van der Waals surface area contributed by atoms with E-state index in [-0.39, 0.29) is 18.4 Å². The molecule has 0 spiro atoms. The third kappa shape index (κ3) is 3.33. The molecular formula is C11H16BrN3O2. The lowest BCUT2D eigenvalue weighted by Crippen LogP contribution is -2.38. The molecule has 0 unspecified atom stereocenters. The Labute approximate surface area is 109 Å². The van der Waals surface area contributed by atoms with Gasteiger partial charge in [0.1, 0.15) is 5.69 Å². The van der Waals surface area contributed by atoms with Gasteiger partial charge in [-0.05, 0) is 22.0 Å². The van der Waals surface area contributed by atoms with Crippen molar-refractivity contribution in [1.29, 1.82) is 0 Å². The third-order valence-corrected chi connectivity index (χ3v) is 2.84. The molecule has 0 aliphatic heterocycles. The number of carbonyl (C=O) groups is 2. The molecule has 0 bridgehead atoms. The molecule has 2 amide bonds. The Bertz CT molecular complexity index is 440. The molecule has 6 heteroatoms. The zero-order valence-electron chi connectivity index (χ0n) is 10.4. The van der Waals surface area contributed by atoms with Crippen molar-refractivity contribution >= 4 is 27.7 Å². The highest BCUT2D eigenvalue weighted by Gasteiger charge is 2.18. The highest BCUT2D eigenvalue weighted by Crippen LogP contribution is 2.14. The van der Waals surface area contributed by atoms with E-state index in [0.29, 0.717) is 5.69 Å². The normalized spacial score (nSPS) is 10.2. The Balaban J connectivity index is 2.77. The number of hydrogen-bond acceptors (Lipinski definition) is 2. The number of aryl methyl sites for hydroxylation is 1. The van der Waals surface area contributed by atoms with Crippen LogP contribution >= 0.6 is 15.9 Å². The molecule has 0 saturated carbocycles. The second kappa shape index (κ2) is 5.35. The molecule has 1 aromatic heterocycles. The molecule has 5 nitrogen and oxygen atoms in total. The molecule has 94 valence electrons. The fourth-order valence-corrected chi connectivity index (χ4v) is 1.87. The van der Waals surface area contributed by atoms with Crippen LogP contribution in [0.25, 0.3) is 0 Å². The van der Waals surface area contributed by atoms with E-state index >= 15 is 0 Å². The summed E-state index contributed by atoms with van der Waals surface area (Å²) in [6, 6.07) is 1.74. The fourth-order valence-electron chi connectivity index (χ4n) is 1.35. The van der Waals surface area contributed by atoms with Crippen LogP contribution in [0, 0.1) is 0 Å². The number of nitrogens with zero attached hydrogens (tertiary/aromatic N) is 3. The van der Waals surface area contributed by atoms with Crippen molar-refractivity contribution in [3.63, 3.8) is 0 Å². The van der Waals surface area contributed by atoms with Crippen LogP contribution in [0.4, 0.5) is 0 Å². The zero-order chi connectivity index (χ0) is 13.2. The van der Waals surface area contributed by atoms with Gasteiger partial charge < -0.3 is 14.4 Å². The van der Waals surface area contributed by atoms with Gasteiger partial charge in [0, 0.05) is 38.9 Å². The average molecular weight is 302 g/mol. The van der Waals surface area contributed by atoms with Crippen molar-refractivity contribution in [3.8, 4) is 0 Å². The largest absolute Gasteiger partial charge is 0.347 e. The van der Waals surface area contributed by atoms with Gasteiger partial charge in [-0.15, -0.1) is 0 Å². The third-order valence-electron chi connectivity index (χ3n) is 2.41. The highest BCUT2D eigenvalue weighted by molar-refractivity contribution is 9.10. The number of carbonyl (C=O) groups excluding carboxylic acids is 2. The zero-order valence-corrected chi connectivity index (χ0v) is 12.0. The van der Waals surface area contributed by atoms with Gasteiger partial charge in [-0.3, -0.25) is 9.59 Å². The lowest BCUT2D eigenvalue weighted by atomic mass is 10.3. The van der Waals surface area contributed by atoms with Crippen molar-refractivity contribution in [3.05, 3.63) is 22.4 Å². The SMILES string of the molecule is CN(C)C(=O)CN(C)C(=O)c1cc(Br)cn1C. The van der Waals surface area contributed by atoms with Gasteiger partial charge in [-0.1, -0.05) is 0 Å². The minimum absolute atomic E-state index is 0.0780. The van der Waals surface area contributed by atoms with Gasteiger partial charge in [0.25, 0.3) is 5.91 Å². The Hall–Kier alpha value is -1.30. The quantitative estimate of drug-likeness (QED) is 0.834.